The molecule has 6 nitrogen and oxygen atoms in total. The maximum absolute atomic E-state index is 12.3. The third-order valence-electron chi connectivity index (χ3n) is 4.88. The highest BCUT2D eigenvalue weighted by atomic mass is 35.5. The second kappa shape index (κ2) is 9.96. The molecule has 2 aromatic rings. The summed E-state index contributed by atoms with van der Waals surface area (Å²) < 4.78 is 0. The van der Waals surface area contributed by atoms with Crippen molar-refractivity contribution in [1.82, 2.24) is 16.0 Å². The van der Waals surface area contributed by atoms with Crippen molar-refractivity contribution >= 4 is 40.9 Å². The van der Waals surface area contributed by atoms with Crippen LogP contribution in [0.4, 0.5) is 0 Å². The van der Waals surface area contributed by atoms with Crippen LogP contribution in [-0.4, -0.2) is 30.8 Å². The van der Waals surface area contributed by atoms with Gasteiger partial charge < -0.3 is 16.0 Å². The predicted octanol–water partition coefficient (Wildman–Crippen LogP) is 3.42. The molecule has 8 heteroatoms. The highest BCUT2D eigenvalue weighted by molar-refractivity contribution is 6.36. The van der Waals surface area contributed by atoms with Gasteiger partial charge in [0, 0.05) is 5.02 Å². The van der Waals surface area contributed by atoms with E-state index in [-0.39, 0.29) is 35.6 Å². The summed E-state index contributed by atoms with van der Waals surface area (Å²) in [6.45, 7) is 1.59. The van der Waals surface area contributed by atoms with Gasteiger partial charge in [0.15, 0.2) is 0 Å². The SMILES string of the molecule is Cc1ccc(C(NC(=O)CNC(=O)CNC(=O)c2ccc(Cl)cc2Cl)C2CC2)cc1. The van der Waals surface area contributed by atoms with Crippen molar-refractivity contribution in [2.75, 3.05) is 13.1 Å². The Hall–Kier alpha value is -2.57. The van der Waals surface area contributed by atoms with E-state index in [1.165, 1.54) is 18.2 Å². The summed E-state index contributed by atoms with van der Waals surface area (Å²) in [6, 6.07) is 12.5. The maximum atomic E-state index is 12.3. The van der Waals surface area contributed by atoms with Crippen molar-refractivity contribution in [2.24, 2.45) is 5.92 Å². The first-order chi connectivity index (χ1) is 14.3. The topological polar surface area (TPSA) is 87.3 Å². The van der Waals surface area contributed by atoms with Gasteiger partial charge in [-0.05, 0) is 49.4 Å². The van der Waals surface area contributed by atoms with Crippen molar-refractivity contribution in [2.45, 2.75) is 25.8 Å². The van der Waals surface area contributed by atoms with Gasteiger partial charge in [0.05, 0.1) is 29.7 Å². The number of hydrogen-bond acceptors (Lipinski definition) is 3. The summed E-state index contributed by atoms with van der Waals surface area (Å²) >= 11 is 11.8. The molecule has 3 amide bonds. The van der Waals surface area contributed by atoms with Crippen LogP contribution in [0.1, 0.15) is 40.4 Å². The minimum absolute atomic E-state index is 0.0539. The van der Waals surface area contributed by atoms with Crippen LogP contribution in [0.15, 0.2) is 42.5 Å². The molecule has 0 aromatic heterocycles. The molecule has 0 aliphatic heterocycles. The molecule has 1 aliphatic carbocycles. The summed E-state index contributed by atoms with van der Waals surface area (Å²) in [7, 11) is 0. The lowest BCUT2D eigenvalue weighted by atomic mass is 10.0. The standard InChI is InChI=1S/C22H23Cl2N3O3/c1-13-2-4-14(5-3-13)21(15-6-7-15)27-20(29)12-25-19(28)11-26-22(30)17-9-8-16(23)10-18(17)24/h2-5,8-10,15,21H,6-7,11-12H2,1H3,(H,25,28)(H,26,30)(H,27,29). The van der Waals surface area contributed by atoms with Crippen LogP contribution in [0.2, 0.25) is 10.0 Å². The number of carbonyl (C=O) groups excluding carboxylic acids is 3. The van der Waals surface area contributed by atoms with Gasteiger partial charge in [0.25, 0.3) is 5.91 Å². The van der Waals surface area contributed by atoms with E-state index in [4.69, 9.17) is 23.2 Å². The fraction of sp³-hybridized carbons (Fsp3) is 0.318. The smallest absolute Gasteiger partial charge is 0.253 e. The van der Waals surface area contributed by atoms with Crippen molar-refractivity contribution in [3.8, 4) is 0 Å². The summed E-state index contributed by atoms with van der Waals surface area (Å²) in [5.41, 5.74) is 2.45. The van der Waals surface area contributed by atoms with E-state index >= 15 is 0 Å². The van der Waals surface area contributed by atoms with Gasteiger partial charge in [0.1, 0.15) is 0 Å². The molecule has 30 heavy (non-hydrogen) atoms. The van der Waals surface area contributed by atoms with Crippen LogP contribution in [-0.2, 0) is 9.59 Å². The molecule has 1 fully saturated rings. The van der Waals surface area contributed by atoms with Crippen LogP contribution < -0.4 is 16.0 Å². The van der Waals surface area contributed by atoms with E-state index in [1.807, 2.05) is 31.2 Å². The predicted molar refractivity (Wildman–Crippen MR) is 117 cm³/mol. The Morgan fingerprint density at radius 3 is 2.27 bits per heavy atom. The Morgan fingerprint density at radius 2 is 1.63 bits per heavy atom. The van der Waals surface area contributed by atoms with Gasteiger partial charge in [-0.15, -0.1) is 0 Å². The van der Waals surface area contributed by atoms with Crippen LogP contribution in [0, 0.1) is 12.8 Å². The first-order valence-corrected chi connectivity index (χ1v) is 10.4. The molecule has 3 N–H and O–H groups in total. The third kappa shape index (κ3) is 6.21. The summed E-state index contributed by atoms with van der Waals surface area (Å²) in [5, 5.41) is 8.60. The van der Waals surface area contributed by atoms with Gasteiger partial charge in [-0.25, -0.2) is 0 Å². The van der Waals surface area contributed by atoms with Crippen LogP contribution in [0.3, 0.4) is 0 Å². The zero-order chi connectivity index (χ0) is 21.7. The van der Waals surface area contributed by atoms with Crippen molar-refractivity contribution < 1.29 is 14.4 Å². The first-order valence-electron chi connectivity index (χ1n) is 9.69. The largest absolute Gasteiger partial charge is 0.347 e. The van der Waals surface area contributed by atoms with E-state index < -0.39 is 11.8 Å². The molecule has 1 unspecified atom stereocenters. The lowest BCUT2D eigenvalue weighted by molar-refractivity contribution is -0.126. The lowest BCUT2D eigenvalue weighted by Crippen LogP contribution is -2.43. The molecule has 1 atom stereocenters. The maximum Gasteiger partial charge on any atom is 0.253 e. The molecule has 158 valence electrons. The average molecular weight is 448 g/mol. The Balaban J connectivity index is 1.45. The Morgan fingerprint density at radius 1 is 0.967 bits per heavy atom. The molecule has 3 rings (SSSR count). The molecule has 0 radical (unpaired) electrons. The second-order valence-electron chi connectivity index (χ2n) is 7.38. The molecule has 1 aliphatic rings. The zero-order valence-electron chi connectivity index (χ0n) is 16.5. The highest BCUT2D eigenvalue weighted by Gasteiger charge is 2.33. The number of nitrogens with one attached hydrogen (secondary N) is 3. The number of carbonyl (C=O) groups is 3. The number of rotatable bonds is 8. The normalized spacial score (nSPS) is 14.0. The van der Waals surface area contributed by atoms with E-state index in [0.29, 0.717) is 10.9 Å². The molecule has 0 saturated heterocycles. The van der Waals surface area contributed by atoms with Gasteiger partial charge in [-0.1, -0.05) is 53.0 Å². The van der Waals surface area contributed by atoms with Crippen molar-refractivity contribution in [3.63, 3.8) is 0 Å². The highest BCUT2D eigenvalue weighted by Crippen LogP contribution is 2.40. The second-order valence-corrected chi connectivity index (χ2v) is 8.22. The average Bonchev–Trinajstić information content (AvgIpc) is 3.54. The fourth-order valence-electron chi connectivity index (χ4n) is 3.07. The molecule has 0 spiro atoms. The number of benzene rings is 2. The lowest BCUT2D eigenvalue weighted by Gasteiger charge is -2.19. The number of aryl methyl sites for hydroxylation is 1. The number of halogens is 2. The van der Waals surface area contributed by atoms with Crippen LogP contribution in [0.5, 0.6) is 0 Å². The minimum Gasteiger partial charge on any atom is -0.347 e. The Labute approximate surface area is 185 Å². The van der Waals surface area contributed by atoms with Gasteiger partial charge >= 0.3 is 0 Å². The van der Waals surface area contributed by atoms with E-state index in [0.717, 1.165) is 24.0 Å². The minimum atomic E-state index is -0.496. The van der Waals surface area contributed by atoms with Crippen molar-refractivity contribution in [3.05, 3.63) is 69.2 Å². The van der Waals surface area contributed by atoms with Gasteiger partial charge in [0.2, 0.25) is 11.8 Å². The summed E-state index contributed by atoms with van der Waals surface area (Å²) in [4.78, 5) is 36.5. The van der Waals surface area contributed by atoms with Gasteiger partial charge in [-0.2, -0.15) is 0 Å². The fourth-order valence-corrected chi connectivity index (χ4v) is 3.57. The Kier molecular flexibility index (Phi) is 7.34. The number of amides is 3. The third-order valence-corrected chi connectivity index (χ3v) is 5.43. The summed E-state index contributed by atoms with van der Waals surface area (Å²) in [5.74, 6) is -0.810. The molecule has 2 aromatic carbocycles. The Bertz CT molecular complexity index is 943. The van der Waals surface area contributed by atoms with Crippen LogP contribution >= 0.6 is 23.2 Å². The van der Waals surface area contributed by atoms with E-state index in [2.05, 4.69) is 16.0 Å². The van der Waals surface area contributed by atoms with Crippen LogP contribution in [0.25, 0.3) is 0 Å². The zero-order valence-corrected chi connectivity index (χ0v) is 18.0. The molecular weight excluding hydrogens is 425 g/mol. The molecule has 1 saturated carbocycles. The van der Waals surface area contributed by atoms with Crippen molar-refractivity contribution in [1.29, 1.82) is 0 Å². The molecular formula is C22H23Cl2N3O3. The van der Waals surface area contributed by atoms with E-state index in [9.17, 15) is 14.4 Å². The van der Waals surface area contributed by atoms with Gasteiger partial charge in [-0.3, -0.25) is 14.4 Å². The van der Waals surface area contributed by atoms with E-state index in [1.54, 1.807) is 0 Å². The first kappa shape index (κ1) is 22.1. The molecule has 0 heterocycles. The number of hydrogen-bond donors (Lipinski definition) is 3. The molecule has 0 bridgehead atoms. The quantitative estimate of drug-likeness (QED) is 0.579. The monoisotopic (exact) mass is 447 g/mol. The summed E-state index contributed by atoms with van der Waals surface area (Å²) in [6.07, 6.45) is 2.15.